The molecule has 0 amide bonds. The molecule has 0 aliphatic heterocycles. The molecule has 60 heavy (non-hydrogen) atoms. The molecule has 0 saturated heterocycles. The van der Waals surface area contributed by atoms with Gasteiger partial charge >= 0.3 is 19.8 Å². The summed E-state index contributed by atoms with van der Waals surface area (Å²) >= 11 is 0. The Labute approximate surface area is 361 Å². The zero-order valence-corrected chi connectivity index (χ0v) is 38.2. The fourth-order valence-corrected chi connectivity index (χ4v) is 8.01. The van der Waals surface area contributed by atoms with Gasteiger partial charge in [0.15, 0.2) is 6.10 Å². The van der Waals surface area contributed by atoms with Crippen LogP contribution < -0.4 is 0 Å². The largest absolute Gasteiger partial charge is 0.472 e. The topological polar surface area (TPSA) is 206 Å². The lowest BCUT2D eigenvalue weighted by Crippen LogP contribution is -2.29. The standard InChI is InChI=1S/C46H83O13P/c1-4-5-20-26-38(48)30-31-42-41(43(50)32-44(42)51)27-22-18-19-24-29-46(53)59-40(36-58-60(54,55)57-34-39(49)33-47)35-56-45(52)28-23-17-15-13-11-9-7-6-8-10-12-14-16-21-25-37(2)3/h18,22,30-31,37-42,44,47-49,51H,4-17,19-21,23-29,32-36H2,1-3H3,(H,54,55)/b22-18-,31-30+/t38-,39-,40+,41+,42+,44+/m0/s1. The normalized spacial score (nSPS) is 19.6. The van der Waals surface area contributed by atoms with E-state index in [0.717, 1.165) is 44.4 Å². The van der Waals surface area contributed by atoms with E-state index in [9.17, 15) is 39.2 Å². The summed E-state index contributed by atoms with van der Waals surface area (Å²) in [6, 6.07) is 0. The summed E-state index contributed by atoms with van der Waals surface area (Å²) in [6.45, 7) is 4.31. The highest BCUT2D eigenvalue weighted by atomic mass is 31.2. The van der Waals surface area contributed by atoms with E-state index in [0.29, 0.717) is 32.1 Å². The molecule has 0 aromatic rings. The number of phosphoric acid groups is 1. The summed E-state index contributed by atoms with van der Waals surface area (Å²) in [6.07, 6.45) is 26.5. The number of carbonyl (C=O) groups is 3. The minimum Gasteiger partial charge on any atom is -0.462 e. The number of Topliss-reactive ketones (excluding diaryl/α,β-unsaturated/α-hetero) is 1. The molecule has 350 valence electrons. The third-order valence-corrected chi connectivity index (χ3v) is 11.9. The Bertz CT molecular complexity index is 1220. The molecule has 0 spiro atoms. The van der Waals surface area contributed by atoms with Gasteiger partial charge in [0.2, 0.25) is 0 Å². The van der Waals surface area contributed by atoms with Crippen molar-refractivity contribution in [1.82, 2.24) is 0 Å². The van der Waals surface area contributed by atoms with E-state index in [1.165, 1.54) is 70.6 Å². The molecule has 7 atom stereocenters. The Morgan fingerprint density at radius 2 is 1.33 bits per heavy atom. The lowest BCUT2D eigenvalue weighted by molar-refractivity contribution is -0.161. The van der Waals surface area contributed by atoms with Crippen LogP contribution in [0.2, 0.25) is 0 Å². The minimum atomic E-state index is -4.69. The molecule has 13 nitrogen and oxygen atoms in total. The average Bonchev–Trinajstić information content (AvgIpc) is 3.48. The predicted molar refractivity (Wildman–Crippen MR) is 234 cm³/mol. The smallest absolute Gasteiger partial charge is 0.462 e. The van der Waals surface area contributed by atoms with Crippen LogP contribution in [0.1, 0.15) is 181 Å². The van der Waals surface area contributed by atoms with Crippen molar-refractivity contribution in [3.8, 4) is 0 Å². The van der Waals surface area contributed by atoms with Crippen molar-refractivity contribution in [2.75, 3.05) is 26.4 Å². The van der Waals surface area contributed by atoms with E-state index in [1.807, 2.05) is 12.2 Å². The molecule has 1 rings (SSSR count). The molecule has 1 fully saturated rings. The van der Waals surface area contributed by atoms with Gasteiger partial charge in [0.25, 0.3) is 0 Å². The third kappa shape index (κ3) is 30.1. The van der Waals surface area contributed by atoms with Gasteiger partial charge in [0, 0.05) is 31.1 Å². The van der Waals surface area contributed by atoms with Crippen LogP contribution in [0.3, 0.4) is 0 Å². The van der Waals surface area contributed by atoms with Crippen LogP contribution in [0.15, 0.2) is 24.3 Å². The molecular formula is C46H83O13P. The highest BCUT2D eigenvalue weighted by Gasteiger charge is 2.39. The Hall–Kier alpha value is -1.96. The molecule has 1 aliphatic rings. The quantitative estimate of drug-likeness (QED) is 0.0169. The van der Waals surface area contributed by atoms with Crippen LogP contribution in [0, 0.1) is 17.8 Å². The molecule has 0 aromatic carbocycles. The zero-order valence-electron chi connectivity index (χ0n) is 37.3. The number of aliphatic hydroxyl groups is 4. The molecule has 0 aromatic heterocycles. The Morgan fingerprint density at radius 1 is 0.767 bits per heavy atom. The summed E-state index contributed by atoms with van der Waals surface area (Å²) in [5, 5.41) is 39.1. The summed E-state index contributed by atoms with van der Waals surface area (Å²) in [5.74, 6) is -1.10. The molecule has 0 radical (unpaired) electrons. The minimum absolute atomic E-state index is 0.00814. The lowest BCUT2D eigenvalue weighted by atomic mass is 9.90. The highest BCUT2D eigenvalue weighted by Crippen LogP contribution is 2.43. The van der Waals surface area contributed by atoms with Gasteiger partial charge in [-0.25, -0.2) is 4.57 Å². The van der Waals surface area contributed by atoms with Crippen molar-refractivity contribution in [3.05, 3.63) is 24.3 Å². The van der Waals surface area contributed by atoms with Crippen molar-refractivity contribution < 1.29 is 62.8 Å². The molecule has 1 unspecified atom stereocenters. The van der Waals surface area contributed by atoms with Gasteiger partial charge in [-0.3, -0.25) is 23.4 Å². The maximum atomic E-state index is 12.7. The average molecular weight is 875 g/mol. The predicted octanol–water partition coefficient (Wildman–Crippen LogP) is 9.01. The lowest BCUT2D eigenvalue weighted by Gasteiger charge is -2.20. The molecule has 1 saturated carbocycles. The molecule has 5 N–H and O–H groups in total. The number of allylic oxidation sites excluding steroid dienone is 2. The number of carbonyl (C=O) groups excluding carboxylic acids is 3. The van der Waals surface area contributed by atoms with Gasteiger partial charge in [-0.15, -0.1) is 0 Å². The van der Waals surface area contributed by atoms with Crippen LogP contribution >= 0.6 is 7.82 Å². The van der Waals surface area contributed by atoms with Crippen LogP contribution in [0.5, 0.6) is 0 Å². The molecule has 0 bridgehead atoms. The van der Waals surface area contributed by atoms with E-state index < -0.39 is 76.5 Å². The fraction of sp³-hybridized carbons (Fsp3) is 0.848. The van der Waals surface area contributed by atoms with Crippen molar-refractivity contribution in [3.63, 3.8) is 0 Å². The monoisotopic (exact) mass is 875 g/mol. The van der Waals surface area contributed by atoms with E-state index in [-0.39, 0.29) is 31.0 Å². The van der Waals surface area contributed by atoms with Crippen LogP contribution in [-0.4, -0.2) is 93.9 Å². The first-order valence-electron chi connectivity index (χ1n) is 23.3. The molecule has 1 aliphatic carbocycles. The number of unbranched alkanes of at least 4 members (excludes halogenated alkanes) is 16. The van der Waals surface area contributed by atoms with Crippen LogP contribution in [0.4, 0.5) is 0 Å². The van der Waals surface area contributed by atoms with Gasteiger partial charge in [-0.2, -0.15) is 0 Å². The van der Waals surface area contributed by atoms with Crippen molar-refractivity contribution >= 4 is 25.5 Å². The number of rotatable bonds is 39. The number of ether oxygens (including phenoxy) is 2. The van der Waals surface area contributed by atoms with Crippen molar-refractivity contribution in [2.24, 2.45) is 17.8 Å². The number of ketones is 1. The van der Waals surface area contributed by atoms with Crippen LogP contribution in [0.25, 0.3) is 0 Å². The van der Waals surface area contributed by atoms with Gasteiger partial charge < -0.3 is 34.8 Å². The van der Waals surface area contributed by atoms with Gasteiger partial charge in [-0.05, 0) is 38.0 Å². The molecule has 0 heterocycles. The highest BCUT2D eigenvalue weighted by molar-refractivity contribution is 7.47. The number of aliphatic hydroxyl groups excluding tert-OH is 4. The number of hydrogen-bond donors (Lipinski definition) is 5. The SMILES string of the molecule is CCCCC[C@H](O)/C=C/[C@H]1[C@H](O)CC(=O)[C@@H]1C/C=C\CCCC(=O)O[C@H](COC(=O)CCCCCCCCCCCCCCCCC(C)C)COP(=O)(O)OC[C@@H](O)CO. The van der Waals surface area contributed by atoms with Gasteiger partial charge in [-0.1, -0.05) is 154 Å². The van der Waals surface area contributed by atoms with Crippen molar-refractivity contribution in [2.45, 2.75) is 206 Å². The number of hydrogen-bond acceptors (Lipinski definition) is 12. The van der Waals surface area contributed by atoms with Gasteiger partial charge in [0.1, 0.15) is 18.5 Å². The summed E-state index contributed by atoms with van der Waals surface area (Å²) in [4.78, 5) is 47.8. The second kappa shape index (κ2) is 35.5. The maximum absolute atomic E-state index is 12.7. The molecule has 14 heteroatoms. The third-order valence-electron chi connectivity index (χ3n) is 10.9. The summed E-state index contributed by atoms with van der Waals surface area (Å²) in [7, 11) is -4.69. The number of phosphoric ester groups is 1. The van der Waals surface area contributed by atoms with E-state index in [1.54, 1.807) is 12.2 Å². The first kappa shape index (κ1) is 56.1. The number of esters is 2. The molecular weight excluding hydrogens is 791 g/mol. The summed E-state index contributed by atoms with van der Waals surface area (Å²) < 4.78 is 32.7. The van der Waals surface area contributed by atoms with Gasteiger partial charge in [0.05, 0.1) is 32.0 Å². The second-order valence-corrected chi connectivity index (χ2v) is 18.5. The first-order chi connectivity index (χ1) is 28.8. The van der Waals surface area contributed by atoms with E-state index >= 15 is 0 Å². The van der Waals surface area contributed by atoms with E-state index in [2.05, 4.69) is 25.3 Å². The van der Waals surface area contributed by atoms with E-state index in [4.69, 9.17) is 19.1 Å². The summed E-state index contributed by atoms with van der Waals surface area (Å²) in [5.41, 5.74) is 0. The van der Waals surface area contributed by atoms with Crippen LogP contribution in [-0.2, 0) is 37.5 Å². The Balaban J connectivity index is 2.43. The van der Waals surface area contributed by atoms with Crippen molar-refractivity contribution in [1.29, 1.82) is 0 Å². The Morgan fingerprint density at radius 3 is 1.93 bits per heavy atom. The first-order valence-corrected chi connectivity index (χ1v) is 24.7. The Kier molecular flexibility index (Phi) is 33.2. The second-order valence-electron chi connectivity index (χ2n) is 17.0. The zero-order chi connectivity index (χ0) is 44.4. The fourth-order valence-electron chi connectivity index (χ4n) is 7.22. The maximum Gasteiger partial charge on any atom is 0.472 e.